The van der Waals surface area contributed by atoms with E-state index in [0.29, 0.717) is 5.69 Å². The number of hydrogen-bond acceptors (Lipinski definition) is 5. The molecule has 0 aliphatic carbocycles. The number of fused-ring (bicyclic) bond motifs is 1. The van der Waals surface area contributed by atoms with Gasteiger partial charge in [0.1, 0.15) is 6.54 Å². The molecule has 0 unspecified atom stereocenters. The Bertz CT molecular complexity index is 1500. The zero-order valence-corrected chi connectivity index (χ0v) is 18.5. The number of halogens is 1. The summed E-state index contributed by atoms with van der Waals surface area (Å²) in [7, 11) is 2.79. The number of aromatic nitrogens is 4. The van der Waals surface area contributed by atoms with Gasteiger partial charge in [-0.15, -0.1) is 0 Å². The van der Waals surface area contributed by atoms with E-state index in [1.54, 1.807) is 48.5 Å². The highest BCUT2D eigenvalue weighted by Crippen LogP contribution is 2.19. The summed E-state index contributed by atoms with van der Waals surface area (Å²) in [6.07, 6.45) is 0. The molecule has 11 heteroatoms. The minimum absolute atomic E-state index is 0.0230. The molecule has 0 atom stereocenters. The van der Waals surface area contributed by atoms with Gasteiger partial charge in [-0.1, -0.05) is 30.3 Å². The third-order valence-electron chi connectivity index (χ3n) is 5.08. The second-order valence-corrected chi connectivity index (χ2v) is 7.60. The van der Waals surface area contributed by atoms with E-state index in [-0.39, 0.29) is 34.2 Å². The SMILES string of the molecule is Cn1c(=O)c2c(nc(Cl)n2CC(=O)Nc2ccccc2C(=O)Nc2ccccc2)n(C)c1=O. The van der Waals surface area contributed by atoms with Crippen LogP contribution in [0.4, 0.5) is 11.4 Å². The molecule has 0 radical (unpaired) electrons. The monoisotopic (exact) mass is 466 g/mol. The van der Waals surface area contributed by atoms with Crippen molar-refractivity contribution in [2.45, 2.75) is 6.54 Å². The third kappa shape index (κ3) is 4.15. The molecule has 33 heavy (non-hydrogen) atoms. The van der Waals surface area contributed by atoms with E-state index < -0.39 is 23.1 Å². The lowest BCUT2D eigenvalue weighted by Gasteiger charge is -2.12. The van der Waals surface area contributed by atoms with Gasteiger partial charge < -0.3 is 10.6 Å². The molecule has 0 saturated heterocycles. The van der Waals surface area contributed by atoms with Crippen LogP contribution in [-0.4, -0.2) is 30.5 Å². The number of benzene rings is 2. The molecule has 168 valence electrons. The van der Waals surface area contributed by atoms with Crippen molar-refractivity contribution >= 4 is 46.0 Å². The number of imidazole rings is 1. The van der Waals surface area contributed by atoms with E-state index in [4.69, 9.17) is 11.6 Å². The summed E-state index contributed by atoms with van der Waals surface area (Å²) in [5, 5.41) is 5.34. The van der Waals surface area contributed by atoms with Crippen molar-refractivity contribution in [2.24, 2.45) is 14.1 Å². The van der Waals surface area contributed by atoms with Crippen molar-refractivity contribution in [1.29, 1.82) is 0 Å². The summed E-state index contributed by atoms with van der Waals surface area (Å²) in [6, 6.07) is 15.5. The first-order valence-corrected chi connectivity index (χ1v) is 10.2. The van der Waals surface area contributed by atoms with Crippen LogP contribution in [0.5, 0.6) is 0 Å². The zero-order chi connectivity index (χ0) is 23.7. The Morgan fingerprint density at radius 2 is 1.61 bits per heavy atom. The fraction of sp³-hybridized carbons (Fsp3) is 0.136. The van der Waals surface area contributed by atoms with E-state index >= 15 is 0 Å². The number of carbonyl (C=O) groups excluding carboxylic acids is 2. The summed E-state index contributed by atoms with van der Waals surface area (Å²) in [5.41, 5.74) is 0.0751. The van der Waals surface area contributed by atoms with Gasteiger partial charge in [0.15, 0.2) is 11.2 Å². The Kier molecular flexibility index (Phi) is 5.84. The number of para-hydroxylation sites is 2. The molecule has 0 bridgehead atoms. The van der Waals surface area contributed by atoms with Crippen LogP contribution in [0.25, 0.3) is 11.2 Å². The van der Waals surface area contributed by atoms with Crippen LogP contribution in [0.1, 0.15) is 10.4 Å². The Labute approximate surface area is 192 Å². The quantitative estimate of drug-likeness (QED) is 0.436. The molecule has 4 rings (SSSR count). The summed E-state index contributed by atoms with van der Waals surface area (Å²) in [5.74, 6) is -0.931. The molecule has 2 amide bonds. The lowest BCUT2D eigenvalue weighted by atomic mass is 10.1. The summed E-state index contributed by atoms with van der Waals surface area (Å²) in [6.45, 7) is -0.350. The fourth-order valence-corrected chi connectivity index (χ4v) is 3.63. The van der Waals surface area contributed by atoms with Crippen molar-refractivity contribution in [3.05, 3.63) is 86.3 Å². The molecule has 0 aliphatic heterocycles. The molecule has 2 heterocycles. The number of nitrogens with one attached hydrogen (secondary N) is 2. The standard InChI is InChI=1S/C22H19ClN6O4/c1-27-18-17(20(32)28(2)22(27)33)29(21(23)26-18)12-16(30)25-15-11-7-6-10-14(15)19(31)24-13-8-4-3-5-9-13/h3-11H,12H2,1-2H3,(H,24,31)(H,25,30). The van der Waals surface area contributed by atoms with Gasteiger partial charge in [-0.25, -0.2) is 4.79 Å². The van der Waals surface area contributed by atoms with Gasteiger partial charge in [0.25, 0.3) is 11.5 Å². The number of rotatable bonds is 5. The highest BCUT2D eigenvalue weighted by atomic mass is 35.5. The van der Waals surface area contributed by atoms with Crippen LogP contribution in [0.2, 0.25) is 5.28 Å². The normalized spacial score (nSPS) is 10.9. The summed E-state index contributed by atoms with van der Waals surface area (Å²) >= 11 is 6.18. The van der Waals surface area contributed by atoms with Gasteiger partial charge in [-0.3, -0.25) is 28.1 Å². The molecular formula is C22H19ClN6O4. The molecule has 2 aromatic heterocycles. The predicted octanol–water partition coefficient (Wildman–Crippen LogP) is 1.98. The van der Waals surface area contributed by atoms with E-state index in [1.165, 1.54) is 23.2 Å². The maximum absolute atomic E-state index is 12.8. The molecule has 2 N–H and O–H groups in total. The highest BCUT2D eigenvalue weighted by Gasteiger charge is 2.21. The Balaban J connectivity index is 1.62. The predicted molar refractivity (Wildman–Crippen MR) is 125 cm³/mol. The third-order valence-corrected chi connectivity index (χ3v) is 5.37. The van der Waals surface area contributed by atoms with E-state index in [1.807, 2.05) is 6.07 Å². The van der Waals surface area contributed by atoms with Gasteiger partial charge >= 0.3 is 5.69 Å². The van der Waals surface area contributed by atoms with Crippen LogP contribution < -0.4 is 21.9 Å². The first-order chi connectivity index (χ1) is 15.8. The fourth-order valence-electron chi connectivity index (χ4n) is 3.41. The first kappa shape index (κ1) is 22.0. The molecule has 0 fully saturated rings. The van der Waals surface area contributed by atoms with E-state index in [9.17, 15) is 19.2 Å². The largest absolute Gasteiger partial charge is 0.332 e. The maximum Gasteiger partial charge on any atom is 0.332 e. The lowest BCUT2D eigenvalue weighted by Crippen LogP contribution is -2.37. The number of aryl methyl sites for hydroxylation is 1. The number of anilines is 2. The van der Waals surface area contributed by atoms with Gasteiger partial charge in [0.05, 0.1) is 11.3 Å². The van der Waals surface area contributed by atoms with Crippen molar-refractivity contribution in [1.82, 2.24) is 18.7 Å². The lowest BCUT2D eigenvalue weighted by molar-refractivity contribution is -0.116. The van der Waals surface area contributed by atoms with E-state index in [0.717, 1.165) is 4.57 Å². The van der Waals surface area contributed by atoms with Crippen LogP contribution in [0.3, 0.4) is 0 Å². The molecular weight excluding hydrogens is 448 g/mol. The highest BCUT2D eigenvalue weighted by molar-refractivity contribution is 6.29. The molecule has 2 aromatic carbocycles. The van der Waals surface area contributed by atoms with Gasteiger partial charge in [0.2, 0.25) is 11.2 Å². The Hall–Kier alpha value is -4.18. The molecule has 0 aliphatic rings. The molecule has 10 nitrogen and oxygen atoms in total. The summed E-state index contributed by atoms with van der Waals surface area (Å²) < 4.78 is 3.32. The number of nitrogens with zero attached hydrogens (tertiary/aromatic N) is 4. The Morgan fingerprint density at radius 1 is 0.939 bits per heavy atom. The van der Waals surface area contributed by atoms with Gasteiger partial charge in [-0.05, 0) is 35.9 Å². The Morgan fingerprint density at radius 3 is 2.33 bits per heavy atom. The number of carbonyl (C=O) groups is 2. The molecule has 0 saturated carbocycles. The van der Waals surface area contributed by atoms with Crippen molar-refractivity contribution in [3.8, 4) is 0 Å². The van der Waals surface area contributed by atoms with Crippen molar-refractivity contribution in [2.75, 3.05) is 10.6 Å². The minimum Gasteiger partial charge on any atom is -0.324 e. The first-order valence-electron chi connectivity index (χ1n) is 9.85. The molecule has 4 aromatic rings. The van der Waals surface area contributed by atoms with Crippen molar-refractivity contribution in [3.63, 3.8) is 0 Å². The minimum atomic E-state index is -0.622. The second kappa shape index (κ2) is 8.75. The van der Waals surface area contributed by atoms with E-state index in [2.05, 4.69) is 15.6 Å². The zero-order valence-electron chi connectivity index (χ0n) is 17.7. The average Bonchev–Trinajstić information content (AvgIpc) is 3.13. The average molecular weight is 467 g/mol. The van der Waals surface area contributed by atoms with Gasteiger partial charge in [-0.2, -0.15) is 4.98 Å². The number of amides is 2. The molecule has 0 spiro atoms. The number of hydrogen-bond donors (Lipinski definition) is 2. The van der Waals surface area contributed by atoms with Crippen LogP contribution >= 0.6 is 11.6 Å². The second-order valence-electron chi connectivity index (χ2n) is 7.26. The summed E-state index contributed by atoms with van der Waals surface area (Å²) in [4.78, 5) is 54.4. The topological polar surface area (TPSA) is 120 Å². The van der Waals surface area contributed by atoms with Crippen LogP contribution in [0, 0.1) is 0 Å². The smallest absolute Gasteiger partial charge is 0.324 e. The van der Waals surface area contributed by atoms with Gasteiger partial charge in [0, 0.05) is 19.8 Å². The maximum atomic E-state index is 12.8. The van der Waals surface area contributed by atoms with Crippen molar-refractivity contribution < 1.29 is 9.59 Å². The van der Waals surface area contributed by atoms with Crippen LogP contribution in [-0.2, 0) is 25.4 Å². The van der Waals surface area contributed by atoms with Crippen LogP contribution in [0.15, 0.2) is 64.2 Å².